The molecule has 0 radical (unpaired) electrons. The van der Waals surface area contributed by atoms with Crippen LogP contribution in [0.1, 0.15) is 35.0 Å². The van der Waals surface area contributed by atoms with Gasteiger partial charge in [0.15, 0.2) is 6.10 Å². The zero-order valence-corrected chi connectivity index (χ0v) is 16.5. The average Bonchev–Trinajstić information content (AvgIpc) is 3.40. The van der Waals surface area contributed by atoms with E-state index in [1.807, 2.05) is 73.7 Å². The fraction of sp³-hybridized carbons (Fsp3) is 0.125. The summed E-state index contributed by atoms with van der Waals surface area (Å²) in [6.07, 6.45) is -0.716. The normalized spacial score (nSPS) is 12.3. The first-order valence-electron chi connectivity index (χ1n) is 9.62. The highest BCUT2D eigenvalue weighted by Gasteiger charge is 2.25. The molecular weight excluding hydrogens is 380 g/mol. The fourth-order valence-corrected chi connectivity index (χ4v) is 3.50. The number of esters is 1. The van der Waals surface area contributed by atoms with Gasteiger partial charge in [0.1, 0.15) is 5.58 Å². The summed E-state index contributed by atoms with van der Waals surface area (Å²) in [6, 6.07) is 21.3. The van der Waals surface area contributed by atoms with Crippen molar-refractivity contribution in [1.29, 1.82) is 0 Å². The highest BCUT2D eigenvalue weighted by Crippen LogP contribution is 2.33. The Morgan fingerprint density at radius 3 is 2.50 bits per heavy atom. The van der Waals surface area contributed by atoms with E-state index in [1.54, 1.807) is 6.92 Å². The minimum atomic E-state index is -0.716. The van der Waals surface area contributed by atoms with Gasteiger partial charge in [-0.3, -0.25) is 0 Å². The molecule has 5 aromatic rings. The first-order chi connectivity index (χ1) is 14.6. The Morgan fingerprint density at radius 2 is 1.67 bits per heavy atom. The Balaban J connectivity index is 1.43. The van der Waals surface area contributed by atoms with Gasteiger partial charge in [0.2, 0.25) is 11.7 Å². The fourth-order valence-electron chi connectivity index (χ4n) is 3.50. The SMILES string of the molecule is Cc1c(C(=O)O[C@@H](C)c2nnc(-c3ccccc3)o2)oc2c1ccc1ccccc12. The number of aromatic nitrogens is 2. The van der Waals surface area contributed by atoms with Gasteiger partial charge in [-0.25, -0.2) is 4.79 Å². The quantitative estimate of drug-likeness (QED) is 0.353. The third-order valence-electron chi connectivity index (χ3n) is 5.11. The predicted octanol–water partition coefficient (Wildman–Crippen LogP) is 5.86. The van der Waals surface area contributed by atoms with Gasteiger partial charge in [-0.2, -0.15) is 0 Å². The number of hydrogen-bond donors (Lipinski definition) is 0. The number of carbonyl (C=O) groups excluding carboxylic acids is 1. The van der Waals surface area contributed by atoms with Crippen molar-refractivity contribution >= 4 is 27.7 Å². The van der Waals surface area contributed by atoms with Crippen LogP contribution in [-0.2, 0) is 4.74 Å². The molecule has 6 heteroatoms. The van der Waals surface area contributed by atoms with Gasteiger partial charge < -0.3 is 13.6 Å². The van der Waals surface area contributed by atoms with Crippen LogP contribution in [0.25, 0.3) is 33.2 Å². The van der Waals surface area contributed by atoms with Crippen LogP contribution in [0, 0.1) is 6.92 Å². The maximum Gasteiger partial charge on any atom is 0.375 e. The molecule has 0 aliphatic rings. The van der Waals surface area contributed by atoms with Crippen LogP contribution in [0.3, 0.4) is 0 Å². The van der Waals surface area contributed by atoms with E-state index in [0.29, 0.717) is 11.5 Å². The summed E-state index contributed by atoms with van der Waals surface area (Å²) in [6.45, 7) is 3.54. The number of ether oxygens (including phenoxy) is 1. The monoisotopic (exact) mass is 398 g/mol. The Bertz CT molecular complexity index is 1370. The molecule has 1 atom stereocenters. The molecule has 2 aromatic heterocycles. The molecule has 0 fully saturated rings. The van der Waals surface area contributed by atoms with Crippen molar-refractivity contribution in [3.8, 4) is 11.5 Å². The molecule has 2 heterocycles. The van der Waals surface area contributed by atoms with Crippen molar-refractivity contribution in [3.05, 3.63) is 83.9 Å². The molecule has 30 heavy (non-hydrogen) atoms. The lowest BCUT2D eigenvalue weighted by molar-refractivity contribution is 0.0246. The molecule has 0 amide bonds. The molecule has 3 aromatic carbocycles. The van der Waals surface area contributed by atoms with E-state index < -0.39 is 12.1 Å². The van der Waals surface area contributed by atoms with Gasteiger partial charge in [0, 0.05) is 21.9 Å². The van der Waals surface area contributed by atoms with Gasteiger partial charge in [-0.05, 0) is 31.4 Å². The Kier molecular flexibility index (Phi) is 4.32. The molecule has 148 valence electrons. The summed E-state index contributed by atoms with van der Waals surface area (Å²) in [5, 5.41) is 11.0. The van der Waals surface area contributed by atoms with E-state index in [1.165, 1.54) is 0 Å². The molecule has 0 saturated carbocycles. The lowest BCUT2D eigenvalue weighted by Crippen LogP contribution is -2.09. The minimum Gasteiger partial charge on any atom is -0.448 e. The molecule has 6 nitrogen and oxygen atoms in total. The molecule has 0 saturated heterocycles. The van der Waals surface area contributed by atoms with E-state index in [4.69, 9.17) is 13.6 Å². The lowest BCUT2D eigenvalue weighted by Gasteiger charge is -2.08. The Hall–Kier alpha value is -3.93. The largest absolute Gasteiger partial charge is 0.448 e. The molecule has 5 rings (SSSR count). The maximum atomic E-state index is 12.8. The van der Waals surface area contributed by atoms with Crippen LogP contribution in [0.4, 0.5) is 0 Å². The number of aryl methyl sites for hydroxylation is 1. The number of benzene rings is 3. The van der Waals surface area contributed by atoms with Crippen LogP contribution in [-0.4, -0.2) is 16.2 Å². The smallest absolute Gasteiger partial charge is 0.375 e. The van der Waals surface area contributed by atoms with E-state index in [-0.39, 0.29) is 11.7 Å². The maximum absolute atomic E-state index is 12.8. The highest BCUT2D eigenvalue weighted by molar-refractivity contribution is 6.08. The Labute approximate surface area is 172 Å². The van der Waals surface area contributed by atoms with Gasteiger partial charge in [0.05, 0.1) is 0 Å². The number of rotatable bonds is 4. The topological polar surface area (TPSA) is 78.4 Å². The van der Waals surface area contributed by atoms with Gasteiger partial charge >= 0.3 is 5.97 Å². The zero-order chi connectivity index (χ0) is 20.7. The number of carbonyl (C=O) groups is 1. The average molecular weight is 398 g/mol. The molecule has 0 N–H and O–H groups in total. The second-order valence-electron chi connectivity index (χ2n) is 7.08. The van der Waals surface area contributed by atoms with Gasteiger partial charge in [0.25, 0.3) is 5.89 Å². The van der Waals surface area contributed by atoms with Crippen molar-refractivity contribution < 1.29 is 18.4 Å². The van der Waals surface area contributed by atoms with Crippen LogP contribution >= 0.6 is 0 Å². The van der Waals surface area contributed by atoms with Gasteiger partial charge in [-0.1, -0.05) is 54.6 Å². The van der Waals surface area contributed by atoms with E-state index in [9.17, 15) is 4.79 Å². The third-order valence-corrected chi connectivity index (χ3v) is 5.11. The standard InChI is InChI=1S/C24H18N2O4/c1-14-18-13-12-16-8-6-7-11-19(16)21(18)29-20(14)24(27)28-15(2)22-25-26-23(30-22)17-9-4-3-5-10-17/h3-13,15H,1-2H3/t15-/m0/s1. The van der Waals surface area contributed by atoms with E-state index >= 15 is 0 Å². The summed E-state index contributed by atoms with van der Waals surface area (Å²) >= 11 is 0. The molecule has 0 spiro atoms. The Morgan fingerprint density at radius 1 is 0.900 bits per heavy atom. The minimum absolute atomic E-state index is 0.177. The number of furan rings is 1. The summed E-state index contributed by atoms with van der Waals surface area (Å²) in [5.41, 5.74) is 2.22. The summed E-state index contributed by atoms with van der Waals surface area (Å²) in [7, 11) is 0. The van der Waals surface area contributed by atoms with Crippen molar-refractivity contribution in [3.63, 3.8) is 0 Å². The van der Waals surface area contributed by atoms with Crippen LogP contribution in [0.15, 0.2) is 75.6 Å². The van der Waals surface area contributed by atoms with Crippen molar-refractivity contribution in [2.24, 2.45) is 0 Å². The molecular formula is C24H18N2O4. The third kappa shape index (κ3) is 3.03. The summed E-state index contributed by atoms with van der Waals surface area (Å²) < 4.78 is 17.2. The molecule has 0 aliphatic heterocycles. The van der Waals surface area contributed by atoms with Gasteiger partial charge in [-0.15, -0.1) is 10.2 Å². The van der Waals surface area contributed by atoms with Crippen molar-refractivity contribution in [2.45, 2.75) is 20.0 Å². The van der Waals surface area contributed by atoms with Crippen molar-refractivity contribution in [2.75, 3.05) is 0 Å². The molecule has 0 bridgehead atoms. The summed E-state index contributed by atoms with van der Waals surface area (Å²) in [4.78, 5) is 12.8. The van der Waals surface area contributed by atoms with E-state index in [2.05, 4.69) is 10.2 Å². The van der Waals surface area contributed by atoms with Crippen LogP contribution in [0.5, 0.6) is 0 Å². The highest BCUT2D eigenvalue weighted by atomic mass is 16.6. The first kappa shape index (κ1) is 18.1. The number of nitrogens with zero attached hydrogens (tertiary/aromatic N) is 2. The lowest BCUT2D eigenvalue weighted by atomic mass is 10.1. The van der Waals surface area contributed by atoms with Crippen molar-refractivity contribution in [1.82, 2.24) is 10.2 Å². The summed E-state index contributed by atoms with van der Waals surface area (Å²) in [5.74, 6) is 0.206. The zero-order valence-electron chi connectivity index (χ0n) is 16.5. The van der Waals surface area contributed by atoms with E-state index in [0.717, 1.165) is 27.3 Å². The van der Waals surface area contributed by atoms with Crippen LogP contribution < -0.4 is 0 Å². The second kappa shape index (κ2) is 7.15. The molecule has 0 aliphatic carbocycles. The number of hydrogen-bond acceptors (Lipinski definition) is 6. The number of fused-ring (bicyclic) bond motifs is 3. The molecule has 0 unspecified atom stereocenters. The predicted molar refractivity (Wildman–Crippen MR) is 112 cm³/mol. The first-order valence-corrected chi connectivity index (χ1v) is 9.62. The second-order valence-corrected chi connectivity index (χ2v) is 7.08. The van der Waals surface area contributed by atoms with Crippen LogP contribution in [0.2, 0.25) is 0 Å².